The van der Waals surface area contributed by atoms with E-state index < -0.39 is 0 Å². The molecule has 0 amide bonds. The van der Waals surface area contributed by atoms with E-state index in [1.165, 1.54) is 0 Å². The first kappa shape index (κ1) is 11.1. The Kier molecular flexibility index (Phi) is 2.68. The lowest BCUT2D eigenvalue weighted by Gasteiger charge is -2.09. The number of para-hydroxylation sites is 2. The first-order valence-corrected chi connectivity index (χ1v) is 5.85. The minimum absolute atomic E-state index is 0.397. The molecule has 0 unspecified atom stereocenters. The van der Waals surface area contributed by atoms with Crippen LogP contribution < -0.4 is 9.47 Å². The third kappa shape index (κ3) is 1.83. The first-order valence-electron chi connectivity index (χ1n) is 5.47. The lowest BCUT2D eigenvalue weighted by Crippen LogP contribution is -1.94. The summed E-state index contributed by atoms with van der Waals surface area (Å²) in [5.74, 6) is 2.09. The zero-order valence-electron chi connectivity index (χ0n) is 9.68. The molecule has 0 bridgehead atoms. The van der Waals surface area contributed by atoms with Gasteiger partial charge in [-0.2, -0.15) is 0 Å². The van der Waals surface area contributed by atoms with E-state index in [4.69, 9.17) is 21.1 Å². The van der Waals surface area contributed by atoms with E-state index in [0.717, 1.165) is 17.0 Å². The van der Waals surface area contributed by atoms with E-state index >= 15 is 0 Å². The van der Waals surface area contributed by atoms with Crippen LogP contribution in [-0.2, 0) is 0 Å². The van der Waals surface area contributed by atoms with Crippen LogP contribution in [0.2, 0.25) is 0 Å². The van der Waals surface area contributed by atoms with Crippen molar-refractivity contribution in [3.8, 4) is 17.2 Å². The summed E-state index contributed by atoms with van der Waals surface area (Å²) in [4.78, 5) is 4.36. The molecule has 3 rings (SSSR count). The number of halogens is 1. The summed E-state index contributed by atoms with van der Waals surface area (Å²) < 4.78 is 11.0. The summed E-state index contributed by atoms with van der Waals surface area (Å²) >= 11 is 6.22. The topological polar surface area (TPSA) is 30.8 Å². The van der Waals surface area contributed by atoms with Crippen LogP contribution in [0.5, 0.6) is 17.2 Å². The average molecular weight is 260 g/mol. The predicted octanol–water partition coefficient (Wildman–Crippen LogP) is 4.12. The van der Waals surface area contributed by atoms with Gasteiger partial charge in [0.05, 0.1) is 12.7 Å². The Bertz CT molecular complexity index is 637. The lowest BCUT2D eigenvalue weighted by atomic mass is 10.2. The summed E-state index contributed by atoms with van der Waals surface area (Å²) in [6.45, 7) is 0. The maximum Gasteiger partial charge on any atom is 0.153 e. The molecule has 0 saturated carbocycles. The van der Waals surface area contributed by atoms with Crippen LogP contribution in [0.4, 0.5) is 5.69 Å². The van der Waals surface area contributed by atoms with E-state index in [2.05, 4.69) is 4.99 Å². The Labute approximate surface area is 110 Å². The summed E-state index contributed by atoms with van der Waals surface area (Å²) in [6.07, 6.45) is 0. The van der Waals surface area contributed by atoms with E-state index in [1.54, 1.807) is 7.11 Å². The molecule has 3 nitrogen and oxygen atoms in total. The number of rotatable bonds is 1. The standard InChI is InChI=1S/C14H10ClNO2/c1-17-9-6-7-12-10(8-9)14(15)16-11-4-2-3-5-13(11)18-12/h2-8H,1H3. The van der Waals surface area contributed by atoms with Crippen molar-refractivity contribution in [2.24, 2.45) is 4.99 Å². The van der Waals surface area contributed by atoms with Gasteiger partial charge in [-0.25, -0.2) is 4.99 Å². The van der Waals surface area contributed by atoms with Gasteiger partial charge in [-0.15, -0.1) is 0 Å². The molecular weight excluding hydrogens is 250 g/mol. The van der Waals surface area contributed by atoms with Gasteiger partial charge >= 0.3 is 0 Å². The molecule has 0 N–H and O–H groups in total. The predicted molar refractivity (Wildman–Crippen MR) is 71.6 cm³/mol. The van der Waals surface area contributed by atoms with Gasteiger partial charge < -0.3 is 9.47 Å². The Balaban J connectivity index is 2.19. The molecule has 0 saturated heterocycles. The molecule has 90 valence electrons. The highest BCUT2D eigenvalue weighted by molar-refractivity contribution is 6.70. The number of aliphatic imine (C=N–C) groups is 1. The molecule has 0 fully saturated rings. The second-order valence-corrected chi connectivity index (χ2v) is 4.19. The van der Waals surface area contributed by atoms with Gasteiger partial charge in [-0.1, -0.05) is 23.7 Å². The number of methoxy groups -OCH3 is 1. The summed E-state index contributed by atoms with van der Waals surface area (Å²) in [6, 6.07) is 13.0. The maximum absolute atomic E-state index is 6.22. The Morgan fingerprint density at radius 2 is 1.94 bits per heavy atom. The number of hydrogen-bond acceptors (Lipinski definition) is 3. The van der Waals surface area contributed by atoms with Gasteiger partial charge in [-0.3, -0.25) is 0 Å². The van der Waals surface area contributed by atoms with Crippen LogP contribution in [0.1, 0.15) is 5.56 Å². The van der Waals surface area contributed by atoms with Crippen molar-refractivity contribution in [2.75, 3.05) is 7.11 Å². The zero-order chi connectivity index (χ0) is 12.5. The quantitative estimate of drug-likeness (QED) is 0.771. The fraction of sp³-hybridized carbons (Fsp3) is 0.0714. The highest BCUT2D eigenvalue weighted by Crippen LogP contribution is 2.39. The normalized spacial score (nSPS) is 12.7. The smallest absolute Gasteiger partial charge is 0.153 e. The summed E-state index contributed by atoms with van der Waals surface area (Å²) in [5.41, 5.74) is 1.45. The molecule has 0 spiro atoms. The fourth-order valence-electron chi connectivity index (χ4n) is 1.81. The van der Waals surface area contributed by atoms with Crippen molar-refractivity contribution >= 4 is 22.5 Å². The molecule has 1 aliphatic heterocycles. The van der Waals surface area contributed by atoms with Gasteiger partial charge in [0, 0.05) is 0 Å². The van der Waals surface area contributed by atoms with Crippen LogP contribution in [0.15, 0.2) is 47.5 Å². The number of ether oxygens (including phenoxy) is 2. The van der Waals surface area contributed by atoms with Gasteiger partial charge in [-0.05, 0) is 30.3 Å². The van der Waals surface area contributed by atoms with Crippen LogP contribution in [-0.4, -0.2) is 12.3 Å². The minimum Gasteiger partial charge on any atom is -0.497 e. The van der Waals surface area contributed by atoms with Crippen LogP contribution in [0.25, 0.3) is 0 Å². The first-order chi connectivity index (χ1) is 8.78. The molecule has 0 aromatic heterocycles. The highest BCUT2D eigenvalue weighted by Gasteiger charge is 2.17. The number of benzene rings is 2. The molecule has 0 radical (unpaired) electrons. The van der Waals surface area contributed by atoms with Crippen molar-refractivity contribution in [1.82, 2.24) is 0 Å². The average Bonchev–Trinajstić information content (AvgIpc) is 2.54. The molecule has 2 aromatic rings. The molecule has 1 heterocycles. The monoisotopic (exact) mass is 259 g/mol. The van der Waals surface area contributed by atoms with Crippen LogP contribution in [0, 0.1) is 0 Å². The number of nitrogens with zero attached hydrogens (tertiary/aromatic N) is 1. The number of fused-ring (bicyclic) bond motifs is 2. The zero-order valence-corrected chi connectivity index (χ0v) is 10.4. The third-order valence-corrected chi connectivity index (χ3v) is 3.00. The van der Waals surface area contributed by atoms with E-state index in [1.807, 2.05) is 42.5 Å². The number of hydrogen-bond donors (Lipinski definition) is 0. The van der Waals surface area contributed by atoms with E-state index in [9.17, 15) is 0 Å². The fourth-order valence-corrected chi connectivity index (χ4v) is 2.05. The molecule has 2 aromatic carbocycles. The van der Waals surface area contributed by atoms with E-state index in [-0.39, 0.29) is 0 Å². The largest absolute Gasteiger partial charge is 0.497 e. The van der Waals surface area contributed by atoms with Crippen molar-refractivity contribution in [2.45, 2.75) is 0 Å². The SMILES string of the molecule is COc1ccc2c(c1)C(Cl)=Nc1ccccc1O2. The van der Waals surface area contributed by atoms with Crippen molar-refractivity contribution in [3.63, 3.8) is 0 Å². The van der Waals surface area contributed by atoms with Gasteiger partial charge in [0.1, 0.15) is 22.4 Å². The third-order valence-electron chi connectivity index (χ3n) is 2.71. The Morgan fingerprint density at radius 1 is 1.11 bits per heavy atom. The maximum atomic E-state index is 6.22. The molecular formula is C14H10ClNO2. The Morgan fingerprint density at radius 3 is 2.78 bits per heavy atom. The van der Waals surface area contributed by atoms with Crippen LogP contribution >= 0.6 is 11.6 Å². The second kappa shape index (κ2) is 4.35. The lowest BCUT2D eigenvalue weighted by molar-refractivity contribution is 0.413. The van der Waals surface area contributed by atoms with Crippen LogP contribution in [0.3, 0.4) is 0 Å². The highest BCUT2D eigenvalue weighted by atomic mass is 35.5. The summed E-state index contributed by atoms with van der Waals surface area (Å²) in [7, 11) is 1.61. The molecule has 18 heavy (non-hydrogen) atoms. The summed E-state index contributed by atoms with van der Waals surface area (Å²) in [5, 5.41) is 0.397. The second-order valence-electron chi connectivity index (χ2n) is 3.83. The molecule has 0 aliphatic carbocycles. The molecule has 1 aliphatic rings. The minimum atomic E-state index is 0.397. The van der Waals surface area contributed by atoms with Crippen molar-refractivity contribution in [1.29, 1.82) is 0 Å². The van der Waals surface area contributed by atoms with Gasteiger partial charge in [0.2, 0.25) is 0 Å². The van der Waals surface area contributed by atoms with Gasteiger partial charge in [0.25, 0.3) is 0 Å². The van der Waals surface area contributed by atoms with E-state index in [0.29, 0.717) is 16.7 Å². The molecule has 0 atom stereocenters. The molecule has 4 heteroatoms. The van der Waals surface area contributed by atoms with Gasteiger partial charge in [0.15, 0.2) is 5.75 Å². The van der Waals surface area contributed by atoms with Crippen molar-refractivity contribution < 1.29 is 9.47 Å². The van der Waals surface area contributed by atoms with Crippen molar-refractivity contribution in [3.05, 3.63) is 48.0 Å². The Hall–Kier alpha value is -2.00.